The van der Waals surface area contributed by atoms with Gasteiger partial charge in [-0.3, -0.25) is 9.36 Å². The van der Waals surface area contributed by atoms with Crippen molar-refractivity contribution < 1.29 is 9.53 Å². The highest BCUT2D eigenvalue weighted by atomic mass is 16.5. The van der Waals surface area contributed by atoms with Gasteiger partial charge in [0.05, 0.1) is 17.0 Å². The molecule has 0 spiro atoms. The van der Waals surface area contributed by atoms with Crippen molar-refractivity contribution in [2.24, 2.45) is 0 Å². The lowest BCUT2D eigenvalue weighted by Crippen LogP contribution is -2.26. The molecule has 0 bridgehead atoms. The Bertz CT molecular complexity index is 990. The summed E-state index contributed by atoms with van der Waals surface area (Å²) in [6, 6.07) is 13.6. The van der Waals surface area contributed by atoms with E-state index in [0.29, 0.717) is 10.9 Å². The molecule has 7 nitrogen and oxygen atoms in total. The van der Waals surface area contributed by atoms with Crippen LogP contribution in [-0.2, 0) is 17.9 Å². The number of para-hydroxylation sites is 1. The van der Waals surface area contributed by atoms with E-state index in [0.717, 1.165) is 0 Å². The van der Waals surface area contributed by atoms with Crippen molar-refractivity contribution in [3.05, 3.63) is 70.5 Å². The quantitative estimate of drug-likeness (QED) is 0.678. The number of ether oxygens (including phenoxy) is 1. The highest BCUT2D eigenvalue weighted by molar-refractivity contribution is 5.87. The Balaban J connectivity index is 1.94. The lowest BCUT2D eigenvalue weighted by atomic mass is 10.2. The summed E-state index contributed by atoms with van der Waals surface area (Å²) in [6.45, 7) is -0.399. The van der Waals surface area contributed by atoms with Crippen LogP contribution in [0.25, 0.3) is 10.9 Å². The Hall–Kier alpha value is -3.53. The maximum atomic E-state index is 12.5. The molecule has 0 radical (unpaired) electrons. The number of rotatable bonds is 4. The first-order valence-electron chi connectivity index (χ1n) is 7.14. The van der Waals surface area contributed by atoms with Crippen LogP contribution in [0.2, 0.25) is 0 Å². The SMILES string of the molecule is N#CCn1c(COC(=O)c2ccccn2)nc2ccccc2c1=O. The normalized spacial score (nSPS) is 10.3. The Morgan fingerprint density at radius 2 is 2.00 bits per heavy atom. The highest BCUT2D eigenvalue weighted by Gasteiger charge is 2.14. The molecule has 24 heavy (non-hydrogen) atoms. The maximum absolute atomic E-state index is 12.5. The fourth-order valence-electron chi connectivity index (χ4n) is 2.25. The molecule has 0 aliphatic heterocycles. The number of carbonyl (C=O) groups is 1. The van der Waals surface area contributed by atoms with Gasteiger partial charge in [0.1, 0.15) is 18.8 Å². The molecule has 3 aromatic rings. The molecule has 118 valence electrons. The third-order valence-electron chi connectivity index (χ3n) is 3.38. The average molecular weight is 320 g/mol. The summed E-state index contributed by atoms with van der Waals surface area (Å²) in [7, 11) is 0. The zero-order valence-corrected chi connectivity index (χ0v) is 12.5. The van der Waals surface area contributed by atoms with Crippen LogP contribution in [0.5, 0.6) is 0 Å². The van der Waals surface area contributed by atoms with Gasteiger partial charge in [-0.15, -0.1) is 0 Å². The molecule has 0 fully saturated rings. The van der Waals surface area contributed by atoms with Gasteiger partial charge < -0.3 is 4.74 Å². The van der Waals surface area contributed by atoms with Crippen LogP contribution in [0.4, 0.5) is 0 Å². The van der Waals surface area contributed by atoms with Crippen molar-refractivity contribution in [2.75, 3.05) is 0 Å². The minimum Gasteiger partial charge on any atom is -0.453 e. The highest BCUT2D eigenvalue weighted by Crippen LogP contribution is 2.09. The molecule has 0 saturated heterocycles. The van der Waals surface area contributed by atoms with E-state index in [-0.39, 0.29) is 30.2 Å². The standard InChI is InChI=1S/C17H12N4O3/c18-8-10-21-15(11-24-17(23)14-7-3-4-9-19-14)20-13-6-2-1-5-12(13)16(21)22/h1-7,9H,10-11H2. The number of benzene rings is 1. The summed E-state index contributed by atoms with van der Waals surface area (Å²) in [4.78, 5) is 32.7. The number of pyridine rings is 1. The van der Waals surface area contributed by atoms with Crippen LogP contribution in [0.3, 0.4) is 0 Å². The minimum atomic E-state index is -0.624. The van der Waals surface area contributed by atoms with E-state index in [2.05, 4.69) is 9.97 Å². The maximum Gasteiger partial charge on any atom is 0.357 e. The number of hydrogen-bond donors (Lipinski definition) is 0. The van der Waals surface area contributed by atoms with Crippen molar-refractivity contribution >= 4 is 16.9 Å². The van der Waals surface area contributed by atoms with Crippen molar-refractivity contribution in [3.8, 4) is 6.07 Å². The monoisotopic (exact) mass is 320 g/mol. The van der Waals surface area contributed by atoms with E-state index >= 15 is 0 Å². The molecule has 1 aromatic carbocycles. The summed E-state index contributed by atoms with van der Waals surface area (Å²) in [5, 5.41) is 9.35. The predicted octanol–water partition coefficient (Wildman–Crippen LogP) is 1.67. The molecule has 2 heterocycles. The smallest absolute Gasteiger partial charge is 0.357 e. The molecular weight excluding hydrogens is 308 g/mol. The van der Waals surface area contributed by atoms with E-state index in [1.165, 1.54) is 16.8 Å². The Morgan fingerprint density at radius 3 is 2.75 bits per heavy atom. The molecule has 0 aliphatic carbocycles. The lowest BCUT2D eigenvalue weighted by molar-refractivity contribution is 0.0450. The van der Waals surface area contributed by atoms with Crippen LogP contribution in [0, 0.1) is 11.3 Å². The summed E-state index contributed by atoms with van der Waals surface area (Å²) in [5.74, 6) is -0.411. The van der Waals surface area contributed by atoms with Gasteiger partial charge in [-0.2, -0.15) is 5.26 Å². The van der Waals surface area contributed by atoms with Crippen molar-refractivity contribution in [1.29, 1.82) is 5.26 Å². The Kier molecular flexibility index (Phi) is 4.29. The van der Waals surface area contributed by atoms with Gasteiger partial charge in [-0.25, -0.2) is 14.8 Å². The Labute approximate surface area is 136 Å². The second-order valence-corrected chi connectivity index (χ2v) is 4.89. The van der Waals surface area contributed by atoms with E-state index in [9.17, 15) is 9.59 Å². The van der Waals surface area contributed by atoms with Gasteiger partial charge in [0.25, 0.3) is 5.56 Å². The molecular formula is C17H12N4O3. The van der Waals surface area contributed by atoms with Gasteiger partial charge >= 0.3 is 5.97 Å². The van der Waals surface area contributed by atoms with E-state index in [1.807, 2.05) is 6.07 Å². The largest absolute Gasteiger partial charge is 0.453 e. The molecule has 3 rings (SSSR count). The lowest BCUT2D eigenvalue weighted by Gasteiger charge is -2.11. The molecule has 0 aliphatic rings. The van der Waals surface area contributed by atoms with Crippen LogP contribution < -0.4 is 5.56 Å². The summed E-state index contributed by atoms with van der Waals surface area (Å²) in [5.41, 5.74) is 0.305. The van der Waals surface area contributed by atoms with Crippen LogP contribution >= 0.6 is 0 Å². The topological polar surface area (TPSA) is 97.9 Å². The summed E-state index contributed by atoms with van der Waals surface area (Å²) in [6.07, 6.45) is 1.48. The third-order valence-corrected chi connectivity index (χ3v) is 3.38. The number of aromatic nitrogens is 3. The molecule has 0 amide bonds. The van der Waals surface area contributed by atoms with Gasteiger partial charge in [0.15, 0.2) is 5.82 Å². The predicted molar refractivity (Wildman–Crippen MR) is 85.0 cm³/mol. The van der Waals surface area contributed by atoms with E-state index < -0.39 is 5.97 Å². The van der Waals surface area contributed by atoms with Crippen LogP contribution in [0.1, 0.15) is 16.3 Å². The van der Waals surface area contributed by atoms with Gasteiger partial charge in [0.2, 0.25) is 0 Å². The summed E-state index contributed by atoms with van der Waals surface area (Å²) < 4.78 is 6.37. The fourth-order valence-corrected chi connectivity index (χ4v) is 2.25. The number of carbonyl (C=O) groups excluding carboxylic acids is 1. The van der Waals surface area contributed by atoms with Gasteiger partial charge in [-0.05, 0) is 24.3 Å². The number of hydrogen-bond acceptors (Lipinski definition) is 6. The first kappa shape index (κ1) is 15.4. The number of nitriles is 1. The molecule has 0 atom stereocenters. The average Bonchev–Trinajstić information content (AvgIpc) is 2.63. The number of nitrogens with zero attached hydrogens (tertiary/aromatic N) is 4. The fraction of sp³-hybridized carbons (Fsp3) is 0.118. The zero-order valence-electron chi connectivity index (χ0n) is 12.5. The van der Waals surface area contributed by atoms with E-state index in [1.54, 1.807) is 36.4 Å². The van der Waals surface area contributed by atoms with Gasteiger partial charge in [0, 0.05) is 6.20 Å². The molecule has 0 unspecified atom stereocenters. The van der Waals surface area contributed by atoms with Crippen molar-refractivity contribution in [1.82, 2.24) is 14.5 Å². The molecule has 2 aromatic heterocycles. The second-order valence-electron chi connectivity index (χ2n) is 4.89. The number of fused-ring (bicyclic) bond motifs is 1. The summed E-state index contributed by atoms with van der Waals surface area (Å²) >= 11 is 0. The van der Waals surface area contributed by atoms with E-state index in [4.69, 9.17) is 10.00 Å². The van der Waals surface area contributed by atoms with Crippen molar-refractivity contribution in [2.45, 2.75) is 13.2 Å². The second kappa shape index (κ2) is 6.71. The number of esters is 1. The first-order valence-corrected chi connectivity index (χ1v) is 7.14. The third kappa shape index (κ3) is 2.98. The van der Waals surface area contributed by atoms with Crippen molar-refractivity contribution in [3.63, 3.8) is 0 Å². The molecule has 7 heteroatoms. The Morgan fingerprint density at radius 1 is 1.21 bits per heavy atom. The van der Waals surface area contributed by atoms with Gasteiger partial charge in [-0.1, -0.05) is 18.2 Å². The first-order chi connectivity index (χ1) is 11.7. The van der Waals surface area contributed by atoms with Crippen LogP contribution in [-0.4, -0.2) is 20.5 Å². The minimum absolute atomic E-state index is 0.160. The molecule has 0 saturated carbocycles. The zero-order chi connectivity index (χ0) is 16.9. The molecule has 0 N–H and O–H groups in total. The van der Waals surface area contributed by atoms with Crippen LogP contribution in [0.15, 0.2) is 53.5 Å².